The molecule has 2 rings (SSSR count). The smallest absolute Gasteiger partial charge is 0.274 e. The molecule has 0 radical (unpaired) electrons. The van der Waals surface area contributed by atoms with Crippen molar-refractivity contribution in [2.45, 2.75) is 26.7 Å². The SMILES string of the molecule is Cc1c([N+](=O)[O-])cc(C(C)C)c2conc12. The zero-order valence-corrected chi connectivity index (χ0v) is 9.35. The van der Waals surface area contributed by atoms with Crippen molar-refractivity contribution in [1.82, 2.24) is 5.16 Å². The van der Waals surface area contributed by atoms with Gasteiger partial charge in [-0.3, -0.25) is 10.1 Å². The number of nitro groups is 1. The van der Waals surface area contributed by atoms with Crippen molar-refractivity contribution in [2.75, 3.05) is 0 Å². The van der Waals surface area contributed by atoms with Gasteiger partial charge in [-0.25, -0.2) is 0 Å². The van der Waals surface area contributed by atoms with Crippen LogP contribution in [0.3, 0.4) is 0 Å². The minimum atomic E-state index is -0.380. The van der Waals surface area contributed by atoms with E-state index in [2.05, 4.69) is 5.16 Å². The lowest BCUT2D eigenvalue weighted by atomic mass is 9.96. The second-order valence-corrected chi connectivity index (χ2v) is 4.10. The number of rotatable bonds is 2. The number of hydrogen-bond acceptors (Lipinski definition) is 4. The number of benzene rings is 1. The molecule has 84 valence electrons. The molecule has 0 saturated carbocycles. The third-order valence-corrected chi connectivity index (χ3v) is 2.73. The molecular formula is C11H12N2O3. The third-order valence-electron chi connectivity index (χ3n) is 2.73. The van der Waals surface area contributed by atoms with Crippen LogP contribution in [0, 0.1) is 17.0 Å². The first-order valence-electron chi connectivity index (χ1n) is 5.04. The lowest BCUT2D eigenvalue weighted by Crippen LogP contribution is -1.97. The van der Waals surface area contributed by atoms with Crippen molar-refractivity contribution >= 4 is 16.6 Å². The van der Waals surface area contributed by atoms with Gasteiger partial charge in [-0.05, 0) is 18.4 Å². The van der Waals surface area contributed by atoms with Crippen LogP contribution in [0.5, 0.6) is 0 Å². The molecule has 0 aliphatic heterocycles. The van der Waals surface area contributed by atoms with Crippen LogP contribution in [-0.2, 0) is 0 Å². The zero-order chi connectivity index (χ0) is 11.9. The van der Waals surface area contributed by atoms with Crippen LogP contribution in [0.4, 0.5) is 5.69 Å². The summed E-state index contributed by atoms with van der Waals surface area (Å²) in [6.45, 7) is 5.66. The Hall–Kier alpha value is -1.91. The molecule has 0 fully saturated rings. The first-order chi connectivity index (χ1) is 7.52. The Morgan fingerprint density at radius 2 is 2.19 bits per heavy atom. The van der Waals surface area contributed by atoms with Crippen LogP contribution in [0.25, 0.3) is 10.9 Å². The van der Waals surface area contributed by atoms with Gasteiger partial charge in [0.25, 0.3) is 5.69 Å². The Bertz CT molecular complexity index is 558. The molecule has 5 nitrogen and oxygen atoms in total. The fourth-order valence-electron chi connectivity index (χ4n) is 1.83. The normalized spacial score (nSPS) is 11.2. The maximum atomic E-state index is 10.9. The van der Waals surface area contributed by atoms with E-state index in [9.17, 15) is 10.1 Å². The molecule has 0 bridgehead atoms. The van der Waals surface area contributed by atoms with Gasteiger partial charge in [-0.15, -0.1) is 0 Å². The summed E-state index contributed by atoms with van der Waals surface area (Å²) in [7, 11) is 0. The molecule has 1 aromatic carbocycles. The Balaban J connectivity index is 2.85. The van der Waals surface area contributed by atoms with Crippen LogP contribution in [0.2, 0.25) is 0 Å². The van der Waals surface area contributed by atoms with Gasteiger partial charge in [0.05, 0.1) is 10.5 Å². The molecule has 0 saturated heterocycles. The summed E-state index contributed by atoms with van der Waals surface area (Å²) < 4.78 is 4.90. The summed E-state index contributed by atoms with van der Waals surface area (Å²) in [5.74, 6) is 0.196. The second-order valence-electron chi connectivity index (χ2n) is 4.10. The molecule has 0 atom stereocenters. The minimum Gasteiger partial charge on any atom is -0.363 e. The van der Waals surface area contributed by atoms with E-state index in [4.69, 9.17) is 4.52 Å². The fourth-order valence-corrected chi connectivity index (χ4v) is 1.83. The van der Waals surface area contributed by atoms with Gasteiger partial charge in [-0.1, -0.05) is 19.0 Å². The number of fused-ring (bicyclic) bond motifs is 1. The molecule has 0 spiro atoms. The Kier molecular flexibility index (Phi) is 2.38. The number of aryl methyl sites for hydroxylation is 1. The van der Waals surface area contributed by atoms with E-state index in [0.717, 1.165) is 10.9 Å². The van der Waals surface area contributed by atoms with Crippen LogP contribution < -0.4 is 0 Å². The summed E-state index contributed by atoms with van der Waals surface area (Å²) in [6.07, 6.45) is 1.54. The van der Waals surface area contributed by atoms with Gasteiger partial charge in [-0.2, -0.15) is 0 Å². The third kappa shape index (κ3) is 1.44. The maximum Gasteiger partial charge on any atom is 0.274 e. The summed E-state index contributed by atoms with van der Waals surface area (Å²) in [4.78, 5) is 10.5. The van der Waals surface area contributed by atoms with E-state index in [0.29, 0.717) is 11.1 Å². The predicted molar refractivity (Wildman–Crippen MR) is 59.5 cm³/mol. The molecule has 2 aromatic rings. The van der Waals surface area contributed by atoms with Crippen LogP contribution in [-0.4, -0.2) is 10.1 Å². The Morgan fingerprint density at radius 3 is 2.75 bits per heavy atom. The van der Waals surface area contributed by atoms with Gasteiger partial charge in [0.1, 0.15) is 11.8 Å². The number of hydrogen-bond donors (Lipinski definition) is 0. The molecule has 0 unspecified atom stereocenters. The maximum absolute atomic E-state index is 10.9. The standard InChI is InChI=1S/C11H12N2O3/c1-6(2)8-4-10(13(14)15)7(3)11-9(8)5-16-12-11/h4-6H,1-3H3. The highest BCUT2D eigenvalue weighted by Crippen LogP contribution is 2.33. The highest BCUT2D eigenvalue weighted by atomic mass is 16.6. The number of aromatic nitrogens is 1. The van der Waals surface area contributed by atoms with Gasteiger partial charge >= 0.3 is 0 Å². The minimum absolute atomic E-state index is 0.102. The largest absolute Gasteiger partial charge is 0.363 e. The van der Waals surface area contributed by atoms with E-state index in [-0.39, 0.29) is 16.5 Å². The summed E-state index contributed by atoms with van der Waals surface area (Å²) in [5, 5.41) is 15.6. The zero-order valence-electron chi connectivity index (χ0n) is 9.35. The molecule has 1 aromatic heterocycles. The molecule has 0 N–H and O–H groups in total. The van der Waals surface area contributed by atoms with E-state index in [1.807, 2.05) is 13.8 Å². The van der Waals surface area contributed by atoms with Crippen molar-refractivity contribution < 1.29 is 9.45 Å². The van der Waals surface area contributed by atoms with E-state index >= 15 is 0 Å². The van der Waals surface area contributed by atoms with Crippen molar-refractivity contribution in [1.29, 1.82) is 0 Å². The van der Waals surface area contributed by atoms with Gasteiger partial charge in [0.15, 0.2) is 0 Å². The summed E-state index contributed by atoms with van der Waals surface area (Å²) in [6, 6.07) is 1.61. The molecule has 0 aliphatic rings. The van der Waals surface area contributed by atoms with Gasteiger partial charge in [0, 0.05) is 11.5 Å². The fraction of sp³-hybridized carbons (Fsp3) is 0.364. The molecule has 16 heavy (non-hydrogen) atoms. The summed E-state index contributed by atoms with van der Waals surface area (Å²) in [5.41, 5.74) is 2.13. The van der Waals surface area contributed by atoms with Crippen LogP contribution in [0.1, 0.15) is 30.9 Å². The molecule has 0 aliphatic carbocycles. The molecule has 1 heterocycles. The quantitative estimate of drug-likeness (QED) is 0.575. The van der Waals surface area contributed by atoms with Crippen molar-refractivity contribution in [3.8, 4) is 0 Å². The van der Waals surface area contributed by atoms with Crippen molar-refractivity contribution in [3.05, 3.63) is 33.6 Å². The molecular weight excluding hydrogens is 208 g/mol. The van der Waals surface area contributed by atoms with E-state index in [1.54, 1.807) is 19.3 Å². The number of nitrogens with zero attached hydrogens (tertiary/aromatic N) is 2. The van der Waals surface area contributed by atoms with Gasteiger partial charge < -0.3 is 4.52 Å². The lowest BCUT2D eigenvalue weighted by molar-refractivity contribution is -0.385. The first kappa shape index (κ1) is 10.6. The topological polar surface area (TPSA) is 69.2 Å². The highest BCUT2D eigenvalue weighted by molar-refractivity contribution is 5.87. The monoisotopic (exact) mass is 220 g/mol. The average Bonchev–Trinajstić information content (AvgIpc) is 2.66. The Labute approximate surface area is 92.2 Å². The van der Waals surface area contributed by atoms with Crippen LogP contribution in [0.15, 0.2) is 16.9 Å². The highest BCUT2D eigenvalue weighted by Gasteiger charge is 2.20. The summed E-state index contributed by atoms with van der Waals surface area (Å²) >= 11 is 0. The van der Waals surface area contributed by atoms with Crippen LogP contribution >= 0.6 is 0 Å². The average molecular weight is 220 g/mol. The van der Waals surface area contributed by atoms with Crippen molar-refractivity contribution in [2.24, 2.45) is 0 Å². The van der Waals surface area contributed by atoms with E-state index in [1.165, 1.54) is 0 Å². The molecule has 0 amide bonds. The van der Waals surface area contributed by atoms with Crippen molar-refractivity contribution in [3.63, 3.8) is 0 Å². The first-order valence-corrected chi connectivity index (χ1v) is 5.04. The second kappa shape index (κ2) is 3.59. The predicted octanol–water partition coefficient (Wildman–Crippen LogP) is 3.17. The number of nitro benzene ring substituents is 1. The van der Waals surface area contributed by atoms with Gasteiger partial charge in [0.2, 0.25) is 0 Å². The molecule has 5 heteroatoms. The Morgan fingerprint density at radius 1 is 1.50 bits per heavy atom. The lowest BCUT2D eigenvalue weighted by Gasteiger charge is -2.07. The van der Waals surface area contributed by atoms with E-state index < -0.39 is 0 Å².